The van der Waals surface area contributed by atoms with Gasteiger partial charge in [-0.3, -0.25) is 4.79 Å². The summed E-state index contributed by atoms with van der Waals surface area (Å²) in [5.74, 6) is -0.0778. The second kappa shape index (κ2) is 8.21. The number of hydrogen-bond acceptors (Lipinski definition) is 3. The number of halogens is 2. The summed E-state index contributed by atoms with van der Waals surface area (Å²) in [7, 11) is 0. The van der Waals surface area contributed by atoms with Crippen molar-refractivity contribution < 1.29 is 9.18 Å². The third kappa shape index (κ3) is 4.86. The van der Waals surface area contributed by atoms with Gasteiger partial charge >= 0.3 is 0 Å². The van der Waals surface area contributed by atoms with Crippen LogP contribution >= 0.6 is 11.6 Å². The van der Waals surface area contributed by atoms with Crippen LogP contribution in [0.25, 0.3) is 0 Å². The van der Waals surface area contributed by atoms with Gasteiger partial charge in [-0.15, -0.1) is 0 Å². The molecule has 0 atom stereocenters. The van der Waals surface area contributed by atoms with Gasteiger partial charge in [0.25, 0.3) is 0 Å². The van der Waals surface area contributed by atoms with E-state index in [4.69, 9.17) is 11.6 Å². The molecule has 0 saturated carbocycles. The van der Waals surface area contributed by atoms with Gasteiger partial charge in [0.05, 0.1) is 0 Å². The summed E-state index contributed by atoms with van der Waals surface area (Å²) >= 11 is 5.85. The van der Waals surface area contributed by atoms with Crippen LogP contribution in [0.5, 0.6) is 0 Å². The first kappa shape index (κ1) is 17.5. The molecule has 2 aromatic rings. The van der Waals surface area contributed by atoms with E-state index in [1.807, 2.05) is 29.2 Å². The predicted molar refractivity (Wildman–Crippen MR) is 99.8 cm³/mol. The number of anilines is 2. The zero-order chi connectivity index (χ0) is 17.6. The number of hydrogen-bond donors (Lipinski definition) is 1. The molecular weight excluding hydrogens is 341 g/mol. The molecule has 0 aromatic heterocycles. The molecule has 0 radical (unpaired) electrons. The molecule has 0 aliphatic carbocycles. The summed E-state index contributed by atoms with van der Waals surface area (Å²) in [6.45, 7) is 3.51. The zero-order valence-corrected chi connectivity index (χ0v) is 14.7. The van der Waals surface area contributed by atoms with E-state index in [1.165, 1.54) is 12.1 Å². The topological polar surface area (TPSA) is 35.6 Å². The van der Waals surface area contributed by atoms with E-state index in [9.17, 15) is 9.18 Å². The molecule has 1 saturated heterocycles. The average molecular weight is 362 g/mol. The maximum Gasteiger partial charge on any atom is 0.224 e. The molecule has 132 valence electrons. The maximum absolute atomic E-state index is 13.0. The molecule has 3 rings (SSSR count). The molecule has 25 heavy (non-hydrogen) atoms. The highest BCUT2D eigenvalue weighted by Crippen LogP contribution is 2.17. The normalized spacial score (nSPS) is 14.5. The minimum absolute atomic E-state index is 0.153. The first-order valence-electron chi connectivity index (χ1n) is 8.39. The quantitative estimate of drug-likeness (QED) is 0.883. The van der Waals surface area contributed by atoms with E-state index in [2.05, 4.69) is 10.2 Å². The Kier molecular flexibility index (Phi) is 5.76. The van der Waals surface area contributed by atoms with E-state index in [-0.39, 0.29) is 11.7 Å². The molecule has 0 spiro atoms. The summed E-state index contributed by atoms with van der Waals surface area (Å²) in [6, 6.07) is 13.9. The first-order valence-corrected chi connectivity index (χ1v) is 8.77. The largest absolute Gasteiger partial charge is 0.385 e. The Labute approximate surface area is 152 Å². The molecule has 1 fully saturated rings. The van der Waals surface area contributed by atoms with Crippen LogP contribution in [0.15, 0.2) is 48.5 Å². The summed E-state index contributed by atoms with van der Waals surface area (Å²) < 4.78 is 13.0. The SMILES string of the molecule is O=C(CCNc1ccc(Cl)cc1)N1CCN(c2ccc(F)cc2)CC1. The van der Waals surface area contributed by atoms with Gasteiger partial charge in [0.2, 0.25) is 5.91 Å². The second-order valence-electron chi connectivity index (χ2n) is 6.03. The van der Waals surface area contributed by atoms with Gasteiger partial charge in [-0.05, 0) is 48.5 Å². The summed E-state index contributed by atoms with van der Waals surface area (Å²) in [5, 5.41) is 3.92. The van der Waals surface area contributed by atoms with Crippen LogP contribution < -0.4 is 10.2 Å². The van der Waals surface area contributed by atoms with Crippen LogP contribution in [-0.4, -0.2) is 43.5 Å². The summed E-state index contributed by atoms with van der Waals surface area (Å²) in [4.78, 5) is 16.4. The van der Waals surface area contributed by atoms with Gasteiger partial charge in [0, 0.05) is 55.5 Å². The Hall–Kier alpha value is -2.27. The molecule has 1 amide bonds. The Bertz CT molecular complexity index is 698. The van der Waals surface area contributed by atoms with E-state index >= 15 is 0 Å². The zero-order valence-electron chi connectivity index (χ0n) is 13.9. The van der Waals surface area contributed by atoms with Crippen LogP contribution in [0.3, 0.4) is 0 Å². The van der Waals surface area contributed by atoms with Crippen molar-refractivity contribution in [3.63, 3.8) is 0 Å². The number of amides is 1. The van der Waals surface area contributed by atoms with Crippen molar-refractivity contribution in [3.05, 3.63) is 59.4 Å². The lowest BCUT2D eigenvalue weighted by Crippen LogP contribution is -2.49. The number of nitrogens with one attached hydrogen (secondary N) is 1. The van der Waals surface area contributed by atoms with Crippen LogP contribution in [-0.2, 0) is 4.79 Å². The lowest BCUT2D eigenvalue weighted by Gasteiger charge is -2.36. The molecule has 1 aliphatic heterocycles. The van der Waals surface area contributed by atoms with Gasteiger partial charge in [-0.1, -0.05) is 11.6 Å². The molecular formula is C19H21ClFN3O. The van der Waals surface area contributed by atoms with E-state index in [0.717, 1.165) is 24.5 Å². The third-order valence-corrected chi connectivity index (χ3v) is 4.59. The monoisotopic (exact) mass is 361 g/mol. The highest BCUT2D eigenvalue weighted by atomic mass is 35.5. The van der Waals surface area contributed by atoms with Gasteiger partial charge < -0.3 is 15.1 Å². The summed E-state index contributed by atoms with van der Waals surface area (Å²) in [5.41, 5.74) is 1.95. The fourth-order valence-corrected chi connectivity index (χ4v) is 3.03. The lowest BCUT2D eigenvalue weighted by molar-refractivity contribution is -0.131. The fourth-order valence-electron chi connectivity index (χ4n) is 2.91. The molecule has 1 aliphatic rings. The highest BCUT2D eigenvalue weighted by Gasteiger charge is 2.20. The molecule has 2 aromatic carbocycles. The minimum atomic E-state index is -0.231. The number of carbonyl (C=O) groups excluding carboxylic acids is 1. The van der Waals surface area contributed by atoms with Crippen LogP contribution in [0.2, 0.25) is 5.02 Å². The molecule has 0 unspecified atom stereocenters. The van der Waals surface area contributed by atoms with Gasteiger partial charge in [-0.2, -0.15) is 0 Å². The van der Waals surface area contributed by atoms with Crippen molar-refractivity contribution in [1.82, 2.24) is 4.90 Å². The van der Waals surface area contributed by atoms with Crippen LogP contribution in [0.1, 0.15) is 6.42 Å². The Morgan fingerprint density at radius 2 is 1.64 bits per heavy atom. The van der Waals surface area contributed by atoms with Gasteiger partial charge in [-0.25, -0.2) is 4.39 Å². The number of benzene rings is 2. The molecule has 4 nitrogen and oxygen atoms in total. The van der Waals surface area contributed by atoms with Crippen molar-refractivity contribution in [3.8, 4) is 0 Å². The highest BCUT2D eigenvalue weighted by molar-refractivity contribution is 6.30. The Balaban J connectivity index is 1.42. The smallest absolute Gasteiger partial charge is 0.224 e. The number of nitrogens with zero attached hydrogens (tertiary/aromatic N) is 2. The second-order valence-corrected chi connectivity index (χ2v) is 6.46. The summed E-state index contributed by atoms with van der Waals surface area (Å²) in [6.07, 6.45) is 0.458. The van der Waals surface area contributed by atoms with Crippen molar-refractivity contribution in [2.75, 3.05) is 42.9 Å². The van der Waals surface area contributed by atoms with Gasteiger partial charge in [0.15, 0.2) is 0 Å². The average Bonchev–Trinajstić information content (AvgIpc) is 2.64. The number of rotatable bonds is 5. The Morgan fingerprint density at radius 3 is 2.28 bits per heavy atom. The molecule has 1 N–H and O–H groups in total. The van der Waals surface area contributed by atoms with Crippen LogP contribution in [0, 0.1) is 5.82 Å². The Morgan fingerprint density at radius 1 is 1.00 bits per heavy atom. The van der Waals surface area contributed by atoms with Gasteiger partial charge in [0.1, 0.15) is 5.82 Å². The minimum Gasteiger partial charge on any atom is -0.385 e. The van der Waals surface area contributed by atoms with Crippen molar-refractivity contribution in [1.29, 1.82) is 0 Å². The maximum atomic E-state index is 13.0. The molecule has 1 heterocycles. The number of piperazine rings is 1. The number of carbonyl (C=O) groups is 1. The lowest BCUT2D eigenvalue weighted by atomic mass is 10.2. The van der Waals surface area contributed by atoms with Crippen molar-refractivity contribution in [2.24, 2.45) is 0 Å². The third-order valence-electron chi connectivity index (χ3n) is 4.34. The van der Waals surface area contributed by atoms with E-state index < -0.39 is 0 Å². The molecule has 0 bridgehead atoms. The van der Waals surface area contributed by atoms with E-state index in [0.29, 0.717) is 31.1 Å². The van der Waals surface area contributed by atoms with E-state index in [1.54, 1.807) is 12.1 Å². The standard InChI is InChI=1S/C19H21ClFN3O/c20-15-1-5-17(6-2-15)22-10-9-19(25)24-13-11-23(12-14-24)18-7-3-16(21)4-8-18/h1-8,22H,9-14H2. The predicted octanol–water partition coefficient (Wildman–Crippen LogP) is 3.63. The van der Waals surface area contributed by atoms with Crippen LogP contribution in [0.4, 0.5) is 15.8 Å². The first-order chi connectivity index (χ1) is 12.1. The fraction of sp³-hybridized carbons (Fsp3) is 0.316. The van der Waals surface area contributed by atoms with Crippen molar-refractivity contribution >= 4 is 28.9 Å². The van der Waals surface area contributed by atoms with Crippen molar-refractivity contribution in [2.45, 2.75) is 6.42 Å². The molecule has 6 heteroatoms.